The number of benzene rings is 2. The van der Waals surface area contributed by atoms with Gasteiger partial charge in [0, 0.05) is 17.9 Å². The summed E-state index contributed by atoms with van der Waals surface area (Å²) in [6.45, 7) is 0. The van der Waals surface area contributed by atoms with Crippen LogP contribution in [-0.4, -0.2) is 22.8 Å². The first-order chi connectivity index (χ1) is 15.6. The van der Waals surface area contributed by atoms with Crippen LogP contribution in [0.3, 0.4) is 0 Å². The van der Waals surface area contributed by atoms with E-state index in [9.17, 15) is 14.0 Å². The summed E-state index contributed by atoms with van der Waals surface area (Å²) in [4.78, 5) is 32.9. The molecule has 164 valence electrons. The lowest BCUT2D eigenvalue weighted by Crippen LogP contribution is -2.47. The molecule has 1 aromatic heterocycles. The number of pyridine rings is 1. The standard InChI is InChI=1S/C26H26FN3O2/c27-20-14-16-22(17-15-20)30(26(32)23-13-7-8-18-28-23)24(19-9-3-1-4-10-19)25(31)29-21-11-5-2-6-12-21/h1,3-4,7-10,13-18,21,24H,2,5-6,11-12H2,(H,29,31). The smallest absolute Gasteiger partial charge is 0.277 e. The van der Waals surface area contributed by atoms with Crippen molar-refractivity contribution in [3.05, 3.63) is 96.1 Å². The first kappa shape index (κ1) is 21.7. The van der Waals surface area contributed by atoms with Gasteiger partial charge >= 0.3 is 0 Å². The summed E-state index contributed by atoms with van der Waals surface area (Å²) in [7, 11) is 0. The number of halogens is 1. The molecule has 5 nitrogen and oxygen atoms in total. The number of carbonyl (C=O) groups is 2. The lowest BCUT2D eigenvalue weighted by Gasteiger charge is -2.33. The van der Waals surface area contributed by atoms with Crippen LogP contribution in [-0.2, 0) is 4.79 Å². The Hall–Kier alpha value is -3.54. The second kappa shape index (κ2) is 10.2. The first-order valence-electron chi connectivity index (χ1n) is 11.0. The first-order valence-corrected chi connectivity index (χ1v) is 11.0. The summed E-state index contributed by atoms with van der Waals surface area (Å²) in [5.41, 5.74) is 1.31. The van der Waals surface area contributed by atoms with E-state index in [0.29, 0.717) is 11.3 Å². The highest BCUT2D eigenvalue weighted by Gasteiger charge is 2.35. The van der Waals surface area contributed by atoms with Crippen LogP contribution in [0.5, 0.6) is 0 Å². The molecule has 1 heterocycles. The molecule has 1 aliphatic rings. The number of amides is 2. The van der Waals surface area contributed by atoms with Gasteiger partial charge in [-0.25, -0.2) is 4.39 Å². The van der Waals surface area contributed by atoms with Crippen molar-refractivity contribution >= 4 is 17.5 Å². The molecule has 0 radical (unpaired) electrons. The summed E-state index contributed by atoms with van der Waals surface area (Å²) in [5, 5.41) is 3.16. The summed E-state index contributed by atoms with van der Waals surface area (Å²) < 4.78 is 13.7. The Morgan fingerprint density at radius 1 is 0.906 bits per heavy atom. The molecule has 1 fully saturated rings. The Kier molecular flexibility index (Phi) is 6.90. The Morgan fingerprint density at radius 2 is 1.59 bits per heavy atom. The Bertz CT molecular complexity index is 1040. The van der Waals surface area contributed by atoms with E-state index in [0.717, 1.165) is 25.7 Å². The minimum absolute atomic E-state index is 0.0856. The molecule has 6 heteroatoms. The maximum absolute atomic E-state index is 13.7. The number of nitrogens with zero attached hydrogens (tertiary/aromatic N) is 2. The summed E-state index contributed by atoms with van der Waals surface area (Å²) in [6, 6.07) is 19.0. The zero-order valence-corrected chi connectivity index (χ0v) is 17.8. The Morgan fingerprint density at radius 3 is 2.25 bits per heavy atom. The van der Waals surface area contributed by atoms with Crippen LogP contribution in [0.1, 0.15) is 54.2 Å². The van der Waals surface area contributed by atoms with E-state index in [1.54, 1.807) is 18.2 Å². The van der Waals surface area contributed by atoms with Crippen LogP contribution in [0.4, 0.5) is 10.1 Å². The number of aromatic nitrogens is 1. The molecular formula is C26H26FN3O2. The third kappa shape index (κ3) is 5.02. The minimum atomic E-state index is -0.918. The van der Waals surface area contributed by atoms with Crippen molar-refractivity contribution in [3.8, 4) is 0 Å². The quantitative estimate of drug-likeness (QED) is 0.594. The number of hydrogen-bond acceptors (Lipinski definition) is 3. The van der Waals surface area contributed by atoms with E-state index in [1.165, 1.54) is 41.8 Å². The van der Waals surface area contributed by atoms with E-state index in [2.05, 4.69) is 10.3 Å². The number of hydrogen-bond donors (Lipinski definition) is 1. The SMILES string of the molecule is O=C(NC1CCCCC1)C(c1ccccc1)N(C(=O)c1ccccn1)c1ccc(F)cc1. The molecule has 1 unspecified atom stereocenters. The van der Waals surface area contributed by atoms with Gasteiger partial charge in [0.05, 0.1) is 0 Å². The lowest BCUT2D eigenvalue weighted by atomic mass is 9.94. The number of nitrogens with one attached hydrogen (secondary N) is 1. The van der Waals surface area contributed by atoms with Crippen molar-refractivity contribution in [2.45, 2.75) is 44.2 Å². The van der Waals surface area contributed by atoms with Crippen LogP contribution in [0.15, 0.2) is 79.0 Å². The maximum atomic E-state index is 13.7. The zero-order valence-electron chi connectivity index (χ0n) is 17.8. The molecule has 3 aromatic rings. The Labute approximate surface area is 187 Å². The topological polar surface area (TPSA) is 62.3 Å². The molecule has 2 amide bonds. The lowest BCUT2D eigenvalue weighted by molar-refractivity contribution is -0.123. The second-order valence-electron chi connectivity index (χ2n) is 8.02. The number of carbonyl (C=O) groups excluding carboxylic acids is 2. The average molecular weight is 432 g/mol. The highest BCUT2D eigenvalue weighted by Crippen LogP contribution is 2.30. The predicted molar refractivity (Wildman–Crippen MR) is 122 cm³/mol. The normalized spacial score (nSPS) is 15.0. The van der Waals surface area contributed by atoms with E-state index < -0.39 is 17.8 Å². The molecule has 4 rings (SSSR count). The van der Waals surface area contributed by atoms with E-state index in [4.69, 9.17) is 0 Å². The minimum Gasteiger partial charge on any atom is -0.351 e. The van der Waals surface area contributed by atoms with Crippen molar-refractivity contribution in [1.29, 1.82) is 0 Å². The highest BCUT2D eigenvalue weighted by molar-refractivity contribution is 6.09. The van der Waals surface area contributed by atoms with Crippen LogP contribution in [0, 0.1) is 5.82 Å². The fourth-order valence-electron chi connectivity index (χ4n) is 4.18. The molecule has 0 bridgehead atoms. The van der Waals surface area contributed by atoms with Crippen molar-refractivity contribution < 1.29 is 14.0 Å². The third-order valence-electron chi connectivity index (χ3n) is 5.78. The molecule has 0 saturated heterocycles. The maximum Gasteiger partial charge on any atom is 0.277 e. The molecule has 2 aromatic carbocycles. The van der Waals surface area contributed by atoms with Gasteiger partial charge in [0.25, 0.3) is 5.91 Å². The average Bonchev–Trinajstić information content (AvgIpc) is 2.84. The molecule has 0 aliphatic heterocycles. The van der Waals surface area contributed by atoms with Crippen molar-refractivity contribution in [1.82, 2.24) is 10.3 Å². The van der Waals surface area contributed by atoms with Crippen molar-refractivity contribution in [2.24, 2.45) is 0 Å². The van der Waals surface area contributed by atoms with Crippen molar-refractivity contribution in [3.63, 3.8) is 0 Å². The van der Waals surface area contributed by atoms with Gasteiger partial charge in [-0.3, -0.25) is 19.5 Å². The highest BCUT2D eigenvalue weighted by atomic mass is 19.1. The van der Waals surface area contributed by atoms with Gasteiger partial charge < -0.3 is 5.32 Å². The van der Waals surface area contributed by atoms with E-state index in [1.807, 2.05) is 30.3 Å². The summed E-state index contributed by atoms with van der Waals surface area (Å²) in [5.74, 6) is -1.09. The fraction of sp³-hybridized carbons (Fsp3) is 0.269. The van der Waals surface area contributed by atoms with E-state index >= 15 is 0 Å². The van der Waals surface area contributed by atoms with Crippen LogP contribution < -0.4 is 10.2 Å². The van der Waals surface area contributed by atoms with E-state index in [-0.39, 0.29) is 17.6 Å². The van der Waals surface area contributed by atoms with Gasteiger partial charge in [-0.2, -0.15) is 0 Å². The van der Waals surface area contributed by atoms with Crippen LogP contribution in [0.25, 0.3) is 0 Å². The van der Waals surface area contributed by atoms with Gasteiger partial charge in [-0.15, -0.1) is 0 Å². The predicted octanol–water partition coefficient (Wildman–Crippen LogP) is 5.06. The molecule has 1 saturated carbocycles. The van der Waals surface area contributed by atoms with Crippen LogP contribution >= 0.6 is 0 Å². The largest absolute Gasteiger partial charge is 0.351 e. The van der Waals surface area contributed by atoms with Gasteiger partial charge in [0.2, 0.25) is 5.91 Å². The molecule has 1 atom stereocenters. The van der Waals surface area contributed by atoms with Gasteiger partial charge in [0.1, 0.15) is 17.6 Å². The van der Waals surface area contributed by atoms with Gasteiger partial charge in [0.15, 0.2) is 0 Å². The molecule has 1 aliphatic carbocycles. The van der Waals surface area contributed by atoms with Crippen molar-refractivity contribution in [2.75, 3.05) is 4.90 Å². The summed E-state index contributed by atoms with van der Waals surface area (Å²) >= 11 is 0. The molecule has 32 heavy (non-hydrogen) atoms. The zero-order chi connectivity index (χ0) is 22.3. The Balaban J connectivity index is 1.77. The fourth-order valence-corrected chi connectivity index (χ4v) is 4.18. The summed E-state index contributed by atoms with van der Waals surface area (Å²) in [6.07, 6.45) is 6.73. The molecule has 1 N–H and O–H groups in total. The van der Waals surface area contributed by atoms with Crippen LogP contribution in [0.2, 0.25) is 0 Å². The monoisotopic (exact) mass is 431 g/mol. The number of rotatable bonds is 6. The van der Waals surface area contributed by atoms with Gasteiger partial charge in [-0.1, -0.05) is 55.7 Å². The van der Waals surface area contributed by atoms with Gasteiger partial charge in [-0.05, 0) is 54.8 Å². The third-order valence-corrected chi connectivity index (χ3v) is 5.78. The molecular weight excluding hydrogens is 405 g/mol. The second-order valence-corrected chi connectivity index (χ2v) is 8.02. The molecule has 0 spiro atoms. The number of anilines is 1.